The summed E-state index contributed by atoms with van der Waals surface area (Å²) in [6, 6.07) is 0.300. The molecule has 2 saturated heterocycles. The van der Waals surface area contributed by atoms with Gasteiger partial charge in [0.2, 0.25) is 11.7 Å². The minimum atomic E-state index is 0.280. The first-order valence-electron chi connectivity index (χ1n) is 7.41. The van der Waals surface area contributed by atoms with Gasteiger partial charge in [-0.15, -0.1) is 0 Å². The summed E-state index contributed by atoms with van der Waals surface area (Å²) in [6.45, 7) is 5.14. The van der Waals surface area contributed by atoms with Crippen LogP contribution in [0.1, 0.15) is 19.8 Å². The number of rotatable bonds is 4. The number of anilines is 2. The van der Waals surface area contributed by atoms with Crippen molar-refractivity contribution in [2.75, 3.05) is 43.5 Å². The fourth-order valence-corrected chi connectivity index (χ4v) is 3.13. The van der Waals surface area contributed by atoms with Crippen molar-refractivity contribution in [1.82, 2.24) is 14.9 Å². The molecule has 0 radical (unpaired) electrons. The van der Waals surface area contributed by atoms with Crippen LogP contribution in [0.15, 0.2) is 6.33 Å². The van der Waals surface area contributed by atoms with Crippen LogP contribution in [0, 0.1) is 0 Å². The van der Waals surface area contributed by atoms with Gasteiger partial charge < -0.3 is 19.9 Å². The Kier molecular flexibility index (Phi) is 3.81. The molecule has 7 nitrogen and oxygen atoms in total. The predicted octanol–water partition coefficient (Wildman–Crippen LogP) is 0.728. The maximum absolute atomic E-state index is 11.8. The molecule has 0 bridgehead atoms. The second-order valence-corrected chi connectivity index (χ2v) is 5.34. The lowest BCUT2D eigenvalue weighted by atomic mass is 10.1. The SMILES string of the molecule is CCNc1ncnc(N2CCN3C(=O)CCC3C2)c1OC. The van der Waals surface area contributed by atoms with Crippen LogP contribution < -0.4 is 15.0 Å². The first-order valence-corrected chi connectivity index (χ1v) is 7.41. The monoisotopic (exact) mass is 291 g/mol. The van der Waals surface area contributed by atoms with Gasteiger partial charge in [0.15, 0.2) is 11.6 Å². The Morgan fingerprint density at radius 2 is 2.29 bits per heavy atom. The van der Waals surface area contributed by atoms with Crippen molar-refractivity contribution in [3.63, 3.8) is 0 Å². The van der Waals surface area contributed by atoms with Gasteiger partial charge >= 0.3 is 0 Å². The number of nitrogens with one attached hydrogen (secondary N) is 1. The van der Waals surface area contributed by atoms with Gasteiger partial charge in [0.05, 0.1) is 7.11 Å². The van der Waals surface area contributed by atoms with E-state index in [-0.39, 0.29) is 5.91 Å². The summed E-state index contributed by atoms with van der Waals surface area (Å²) in [7, 11) is 1.64. The first kappa shape index (κ1) is 13.9. The first-order chi connectivity index (χ1) is 10.2. The van der Waals surface area contributed by atoms with Crippen LogP contribution in [-0.2, 0) is 4.79 Å². The van der Waals surface area contributed by atoms with E-state index in [1.807, 2.05) is 11.8 Å². The van der Waals surface area contributed by atoms with Crippen LogP contribution >= 0.6 is 0 Å². The number of nitrogens with zero attached hydrogens (tertiary/aromatic N) is 4. The molecule has 3 heterocycles. The highest BCUT2D eigenvalue weighted by Crippen LogP contribution is 2.34. The van der Waals surface area contributed by atoms with E-state index >= 15 is 0 Å². The Balaban J connectivity index is 1.84. The molecule has 1 unspecified atom stereocenters. The van der Waals surface area contributed by atoms with Gasteiger partial charge in [0, 0.05) is 38.6 Å². The van der Waals surface area contributed by atoms with Crippen LogP contribution in [0.4, 0.5) is 11.6 Å². The van der Waals surface area contributed by atoms with Crippen molar-refractivity contribution in [1.29, 1.82) is 0 Å². The zero-order valence-corrected chi connectivity index (χ0v) is 12.5. The molecule has 1 aromatic rings. The largest absolute Gasteiger partial charge is 0.490 e. The van der Waals surface area contributed by atoms with Gasteiger partial charge in [0.1, 0.15) is 6.33 Å². The Bertz CT molecular complexity index is 536. The molecule has 2 aliphatic rings. The summed E-state index contributed by atoms with van der Waals surface area (Å²) in [6.07, 6.45) is 3.16. The quantitative estimate of drug-likeness (QED) is 0.882. The molecular weight excluding hydrogens is 270 g/mol. The van der Waals surface area contributed by atoms with Crippen molar-refractivity contribution >= 4 is 17.5 Å². The number of amides is 1. The molecule has 0 saturated carbocycles. The summed E-state index contributed by atoms with van der Waals surface area (Å²) in [5.41, 5.74) is 0. The van der Waals surface area contributed by atoms with Crippen LogP contribution in [0.25, 0.3) is 0 Å². The fourth-order valence-electron chi connectivity index (χ4n) is 3.13. The van der Waals surface area contributed by atoms with Gasteiger partial charge in [-0.3, -0.25) is 4.79 Å². The van der Waals surface area contributed by atoms with E-state index in [0.717, 1.165) is 44.2 Å². The van der Waals surface area contributed by atoms with Crippen molar-refractivity contribution in [2.45, 2.75) is 25.8 Å². The van der Waals surface area contributed by atoms with Crippen molar-refractivity contribution in [3.05, 3.63) is 6.33 Å². The summed E-state index contributed by atoms with van der Waals surface area (Å²) < 4.78 is 5.51. The Morgan fingerprint density at radius 3 is 3.05 bits per heavy atom. The maximum Gasteiger partial charge on any atom is 0.223 e. The van der Waals surface area contributed by atoms with Gasteiger partial charge in [-0.05, 0) is 13.3 Å². The number of fused-ring (bicyclic) bond motifs is 1. The molecule has 21 heavy (non-hydrogen) atoms. The molecule has 7 heteroatoms. The molecule has 2 aliphatic heterocycles. The van der Waals surface area contributed by atoms with E-state index in [2.05, 4.69) is 20.2 Å². The van der Waals surface area contributed by atoms with Gasteiger partial charge in [-0.2, -0.15) is 0 Å². The topological polar surface area (TPSA) is 70.6 Å². The highest BCUT2D eigenvalue weighted by molar-refractivity contribution is 5.79. The predicted molar refractivity (Wildman–Crippen MR) is 79.7 cm³/mol. The van der Waals surface area contributed by atoms with Crippen molar-refractivity contribution < 1.29 is 9.53 Å². The lowest BCUT2D eigenvalue weighted by molar-refractivity contribution is -0.129. The zero-order valence-electron chi connectivity index (χ0n) is 12.5. The minimum Gasteiger partial charge on any atom is -0.490 e. The third kappa shape index (κ3) is 2.48. The Morgan fingerprint density at radius 1 is 1.43 bits per heavy atom. The zero-order chi connectivity index (χ0) is 14.8. The van der Waals surface area contributed by atoms with E-state index in [4.69, 9.17) is 4.74 Å². The molecule has 0 aliphatic carbocycles. The standard InChI is InChI=1S/C14H21N5O2/c1-3-15-13-12(21-2)14(17-9-16-13)18-6-7-19-10(8-18)4-5-11(19)20/h9-10H,3-8H2,1-2H3,(H,15,16,17). The lowest BCUT2D eigenvalue weighted by Gasteiger charge is -2.38. The highest BCUT2D eigenvalue weighted by Gasteiger charge is 2.36. The molecule has 1 amide bonds. The van der Waals surface area contributed by atoms with E-state index in [1.54, 1.807) is 13.4 Å². The Hall–Kier alpha value is -2.05. The summed E-state index contributed by atoms with van der Waals surface area (Å²) in [5.74, 6) is 2.48. The number of methoxy groups -OCH3 is 1. The van der Waals surface area contributed by atoms with Gasteiger partial charge in [0.25, 0.3) is 0 Å². The summed E-state index contributed by atoms with van der Waals surface area (Å²) >= 11 is 0. The normalized spacial score (nSPS) is 21.4. The summed E-state index contributed by atoms with van der Waals surface area (Å²) in [5, 5.41) is 3.19. The molecule has 1 N–H and O–H groups in total. The third-order valence-electron chi connectivity index (χ3n) is 4.13. The molecule has 0 spiro atoms. The van der Waals surface area contributed by atoms with Crippen molar-refractivity contribution in [2.24, 2.45) is 0 Å². The van der Waals surface area contributed by atoms with E-state index in [1.165, 1.54) is 0 Å². The second-order valence-electron chi connectivity index (χ2n) is 5.34. The molecule has 3 rings (SSSR count). The molecule has 0 aromatic carbocycles. The smallest absolute Gasteiger partial charge is 0.223 e. The average molecular weight is 291 g/mol. The molecule has 2 fully saturated rings. The maximum atomic E-state index is 11.8. The second kappa shape index (κ2) is 5.75. The number of ether oxygens (including phenoxy) is 1. The van der Waals surface area contributed by atoms with Crippen LogP contribution in [0.3, 0.4) is 0 Å². The van der Waals surface area contributed by atoms with E-state index in [9.17, 15) is 4.79 Å². The van der Waals surface area contributed by atoms with Gasteiger partial charge in [-0.1, -0.05) is 0 Å². The summed E-state index contributed by atoms with van der Waals surface area (Å²) in [4.78, 5) is 24.6. The fraction of sp³-hybridized carbons (Fsp3) is 0.643. The van der Waals surface area contributed by atoms with E-state index in [0.29, 0.717) is 18.2 Å². The number of carbonyl (C=O) groups excluding carboxylic acids is 1. The molecular formula is C14H21N5O2. The number of carbonyl (C=O) groups is 1. The lowest BCUT2D eigenvalue weighted by Crippen LogP contribution is -2.51. The molecule has 1 atom stereocenters. The number of hydrogen-bond acceptors (Lipinski definition) is 6. The van der Waals surface area contributed by atoms with Crippen molar-refractivity contribution in [3.8, 4) is 5.75 Å². The third-order valence-corrected chi connectivity index (χ3v) is 4.13. The van der Waals surface area contributed by atoms with Crippen LogP contribution in [0.2, 0.25) is 0 Å². The number of hydrogen-bond donors (Lipinski definition) is 1. The Labute approximate surface area is 124 Å². The van der Waals surface area contributed by atoms with Gasteiger partial charge in [-0.25, -0.2) is 9.97 Å². The minimum absolute atomic E-state index is 0.280. The van der Waals surface area contributed by atoms with E-state index < -0.39 is 0 Å². The molecule has 1 aromatic heterocycles. The molecule has 114 valence electrons. The van der Waals surface area contributed by atoms with Crippen LogP contribution in [0.5, 0.6) is 5.75 Å². The number of aromatic nitrogens is 2. The highest BCUT2D eigenvalue weighted by atomic mass is 16.5. The number of piperazine rings is 1. The van der Waals surface area contributed by atoms with Crippen LogP contribution in [-0.4, -0.2) is 60.1 Å². The average Bonchev–Trinajstić information content (AvgIpc) is 2.88.